The average Bonchev–Trinajstić information content (AvgIpc) is 3.37. The molecule has 4 rings (SSSR count). The number of halogens is 3. The highest BCUT2D eigenvalue weighted by Gasteiger charge is 2.39. The molecule has 3 heterocycles. The Kier molecular flexibility index (Phi) is 9.63. The van der Waals surface area contributed by atoms with Gasteiger partial charge in [-0.2, -0.15) is 17.5 Å². The fraction of sp³-hybridized carbons (Fsp3) is 0.333. The number of amides is 1. The van der Waals surface area contributed by atoms with Crippen molar-refractivity contribution >= 4 is 38.4 Å². The largest absolute Gasteiger partial charge is 0.497 e. The molecule has 1 fully saturated rings. The van der Waals surface area contributed by atoms with Gasteiger partial charge in [-0.05, 0) is 56.2 Å². The van der Waals surface area contributed by atoms with Crippen molar-refractivity contribution < 1.29 is 41.0 Å². The minimum atomic E-state index is -5.08. The first-order valence-corrected chi connectivity index (χ1v) is 13.8. The van der Waals surface area contributed by atoms with Gasteiger partial charge in [0.2, 0.25) is 15.9 Å². The number of pyridine rings is 1. The number of hydrogen-bond acceptors (Lipinski definition) is 8. The number of benzene rings is 1. The molecule has 0 unspecified atom stereocenters. The molecule has 3 aromatic rings. The van der Waals surface area contributed by atoms with Crippen molar-refractivity contribution in [3.05, 3.63) is 53.7 Å². The Hall–Kier alpha value is -3.56. The summed E-state index contributed by atoms with van der Waals surface area (Å²) in [6, 6.07) is 9.81. The van der Waals surface area contributed by atoms with E-state index in [1.807, 2.05) is 29.6 Å². The molecule has 0 spiro atoms. The van der Waals surface area contributed by atoms with Crippen LogP contribution in [0.3, 0.4) is 0 Å². The van der Waals surface area contributed by atoms with E-state index in [0.29, 0.717) is 30.2 Å². The number of ether oxygens (including phenoxy) is 1. The number of carboxylic acid groups (broad SMARTS) is 1. The number of aryl methyl sites for hydroxylation is 1. The number of sulfonamides is 1. The lowest BCUT2D eigenvalue weighted by Gasteiger charge is -2.33. The Bertz CT molecular complexity index is 1410. The first kappa shape index (κ1) is 30.0. The number of aliphatic carboxylic acids is 1. The van der Waals surface area contributed by atoms with Gasteiger partial charge in [0.1, 0.15) is 16.7 Å². The molecule has 1 aliphatic rings. The lowest BCUT2D eigenvalue weighted by atomic mass is 10.0. The molecule has 1 aliphatic heterocycles. The average molecular weight is 587 g/mol. The molecule has 2 aromatic heterocycles. The highest BCUT2D eigenvalue weighted by molar-refractivity contribution is 7.89. The summed E-state index contributed by atoms with van der Waals surface area (Å²) < 4.78 is 64.8. The van der Waals surface area contributed by atoms with E-state index in [4.69, 9.17) is 14.6 Å². The van der Waals surface area contributed by atoms with E-state index in [2.05, 4.69) is 15.3 Å². The first-order valence-electron chi connectivity index (χ1n) is 11.5. The predicted molar refractivity (Wildman–Crippen MR) is 137 cm³/mol. The van der Waals surface area contributed by atoms with Crippen molar-refractivity contribution in [2.24, 2.45) is 0 Å². The number of carbonyl (C=O) groups excluding carboxylic acids is 1. The van der Waals surface area contributed by atoms with Gasteiger partial charge in [0.05, 0.1) is 18.5 Å². The number of anilines is 1. The van der Waals surface area contributed by atoms with Crippen molar-refractivity contribution in [1.82, 2.24) is 14.3 Å². The standard InChI is InChI=1S/C22H24N4O4S2.C2HF3O2/c1-15-20(7-5-12-23-15)32(28,29)26-13-4-3-6-19(26)21(27)25-22-24-18(14-31-22)16-8-10-17(30-2)11-9-16;3-2(4,5)1(6)7/h5,7-12,14,19H,3-4,6,13H2,1-2H3,(H,24,25,27);(H,6,7)/t19-;/m1./s1. The zero-order valence-corrected chi connectivity index (χ0v) is 22.4. The van der Waals surface area contributed by atoms with Crippen LogP contribution in [0, 0.1) is 6.92 Å². The number of hydrogen-bond donors (Lipinski definition) is 2. The maximum atomic E-state index is 13.3. The van der Waals surface area contributed by atoms with Crippen LogP contribution in [0.2, 0.25) is 0 Å². The summed E-state index contributed by atoms with van der Waals surface area (Å²) in [4.78, 5) is 30.7. The van der Waals surface area contributed by atoms with E-state index in [9.17, 15) is 26.4 Å². The summed E-state index contributed by atoms with van der Waals surface area (Å²) in [5, 5.41) is 12.2. The van der Waals surface area contributed by atoms with E-state index < -0.39 is 28.2 Å². The quantitative estimate of drug-likeness (QED) is 0.435. The normalized spacial score (nSPS) is 16.1. The predicted octanol–water partition coefficient (Wildman–Crippen LogP) is 4.34. The zero-order valence-electron chi connectivity index (χ0n) is 20.8. The molecule has 0 bridgehead atoms. The van der Waals surface area contributed by atoms with Crippen LogP contribution in [0.4, 0.5) is 18.3 Å². The van der Waals surface area contributed by atoms with Crippen molar-refractivity contribution in [1.29, 1.82) is 0 Å². The van der Waals surface area contributed by atoms with Crippen LogP contribution < -0.4 is 10.1 Å². The second-order valence-corrected chi connectivity index (χ2v) is 11.0. The summed E-state index contributed by atoms with van der Waals surface area (Å²) >= 11 is 1.30. The Balaban J connectivity index is 0.000000532. The topological polar surface area (TPSA) is 139 Å². The maximum absolute atomic E-state index is 13.3. The minimum absolute atomic E-state index is 0.135. The minimum Gasteiger partial charge on any atom is -0.497 e. The van der Waals surface area contributed by atoms with Gasteiger partial charge in [0.25, 0.3) is 0 Å². The summed E-state index contributed by atoms with van der Waals surface area (Å²) in [6.45, 7) is 1.95. The molecule has 1 amide bonds. The van der Waals surface area contributed by atoms with Crippen LogP contribution in [-0.4, -0.2) is 65.5 Å². The number of rotatable bonds is 6. The molecule has 10 nitrogen and oxygen atoms in total. The molecule has 0 saturated carbocycles. The fourth-order valence-corrected chi connectivity index (χ4v) is 6.29. The lowest BCUT2D eigenvalue weighted by molar-refractivity contribution is -0.192. The number of carbonyl (C=O) groups is 2. The molecule has 2 N–H and O–H groups in total. The lowest BCUT2D eigenvalue weighted by Crippen LogP contribution is -2.50. The summed E-state index contributed by atoms with van der Waals surface area (Å²) in [7, 11) is -2.24. The third-order valence-corrected chi connectivity index (χ3v) is 8.46. The van der Waals surface area contributed by atoms with E-state index in [-0.39, 0.29) is 10.8 Å². The van der Waals surface area contributed by atoms with E-state index >= 15 is 0 Å². The molecular weight excluding hydrogens is 561 g/mol. The van der Waals surface area contributed by atoms with Gasteiger partial charge in [-0.3, -0.25) is 9.78 Å². The van der Waals surface area contributed by atoms with Crippen LogP contribution in [0.15, 0.2) is 52.9 Å². The number of alkyl halides is 3. The Morgan fingerprint density at radius 1 is 1.18 bits per heavy atom. The molecule has 1 atom stereocenters. The number of thiazole rings is 1. The number of carboxylic acids is 1. The van der Waals surface area contributed by atoms with E-state index in [0.717, 1.165) is 23.4 Å². The van der Waals surface area contributed by atoms with Crippen molar-refractivity contribution in [2.45, 2.75) is 43.3 Å². The van der Waals surface area contributed by atoms with Gasteiger partial charge >= 0.3 is 12.1 Å². The third kappa shape index (κ3) is 7.52. The summed E-state index contributed by atoms with van der Waals surface area (Å²) in [6.07, 6.45) is -1.58. The van der Waals surface area contributed by atoms with Crippen LogP contribution in [0.5, 0.6) is 5.75 Å². The Morgan fingerprint density at radius 2 is 1.85 bits per heavy atom. The smallest absolute Gasteiger partial charge is 0.490 e. The van der Waals surface area contributed by atoms with Crippen molar-refractivity contribution in [3.8, 4) is 17.0 Å². The molecule has 39 heavy (non-hydrogen) atoms. The highest BCUT2D eigenvalue weighted by Crippen LogP contribution is 2.29. The van der Waals surface area contributed by atoms with Crippen molar-refractivity contribution in [2.75, 3.05) is 19.0 Å². The number of nitrogens with zero attached hydrogens (tertiary/aromatic N) is 3. The van der Waals surface area contributed by atoms with Crippen LogP contribution in [0.1, 0.15) is 25.0 Å². The Morgan fingerprint density at radius 3 is 2.44 bits per heavy atom. The van der Waals surface area contributed by atoms with E-state index in [1.165, 1.54) is 21.7 Å². The fourth-order valence-electron chi connectivity index (χ4n) is 3.74. The van der Waals surface area contributed by atoms with Gasteiger partial charge in [0.15, 0.2) is 5.13 Å². The molecular formula is C24H25F3N4O6S2. The Labute approximate surface area is 226 Å². The highest BCUT2D eigenvalue weighted by atomic mass is 32.2. The molecule has 1 saturated heterocycles. The summed E-state index contributed by atoms with van der Waals surface area (Å²) in [5.41, 5.74) is 2.05. The monoisotopic (exact) mass is 586 g/mol. The van der Waals surface area contributed by atoms with Gasteiger partial charge < -0.3 is 15.2 Å². The number of piperidine rings is 1. The second kappa shape index (κ2) is 12.5. The number of aromatic nitrogens is 2. The maximum Gasteiger partial charge on any atom is 0.490 e. The SMILES string of the molecule is COc1ccc(-c2csc(NC(=O)[C@H]3CCCCN3S(=O)(=O)c3cccnc3C)n2)cc1.O=C(O)C(F)(F)F. The second-order valence-electron chi connectivity index (χ2n) is 8.27. The molecule has 210 valence electrons. The zero-order chi connectivity index (χ0) is 28.8. The number of nitrogens with one attached hydrogen (secondary N) is 1. The number of methoxy groups -OCH3 is 1. The molecule has 15 heteroatoms. The first-order chi connectivity index (χ1) is 18.3. The van der Waals surface area contributed by atoms with Crippen LogP contribution in [-0.2, 0) is 19.6 Å². The molecule has 0 aliphatic carbocycles. The third-order valence-electron chi connectivity index (χ3n) is 5.66. The van der Waals surface area contributed by atoms with Gasteiger partial charge in [-0.15, -0.1) is 11.3 Å². The van der Waals surface area contributed by atoms with E-state index in [1.54, 1.807) is 26.3 Å². The van der Waals surface area contributed by atoms with Crippen LogP contribution >= 0.6 is 11.3 Å². The van der Waals surface area contributed by atoms with Gasteiger partial charge in [-0.1, -0.05) is 6.42 Å². The van der Waals surface area contributed by atoms with Gasteiger partial charge in [0, 0.05) is 23.7 Å². The van der Waals surface area contributed by atoms with Gasteiger partial charge in [-0.25, -0.2) is 18.2 Å². The molecule has 0 radical (unpaired) electrons. The molecule has 1 aromatic carbocycles. The van der Waals surface area contributed by atoms with Crippen molar-refractivity contribution in [3.63, 3.8) is 0 Å². The van der Waals surface area contributed by atoms with Crippen LogP contribution in [0.25, 0.3) is 11.3 Å². The summed E-state index contributed by atoms with van der Waals surface area (Å²) in [5.74, 6) is -2.38.